The topological polar surface area (TPSA) is 127 Å². The molecule has 10 heteroatoms. The Labute approximate surface area is 199 Å². The molecule has 9 nitrogen and oxygen atoms in total. The Kier molecular flexibility index (Phi) is 6.90. The molecule has 0 saturated carbocycles. The lowest BCUT2D eigenvalue weighted by atomic mass is 9.98. The Morgan fingerprint density at radius 3 is 2.32 bits per heavy atom. The Morgan fingerprint density at radius 1 is 1.09 bits per heavy atom. The Balaban J connectivity index is 1.32. The number of nitrogens with one attached hydrogen (secondary N) is 2. The number of aryl methyl sites for hydroxylation is 1. The Bertz CT molecular complexity index is 1200. The predicted molar refractivity (Wildman–Crippen MR) is 124 cm³/mol. The van der Waals surface area contributed by atoms with Crippen molar-refractivity contribution in [2.24, 2.45) is 0 Å². The van der Waals surface area contributed by atoms with Crippen molar-refractivity contribution < 1.29 is 29.1 Å². The number of hydrogen-bond acceptors (Lipinski definition) is 7. The minimum atomic E-state index is -1.20. The maximum absolute atomic E-state index is 12.4. The number of thiazole rings is 1. The molecule has 1 atom stereocenters. The van der Waals surface area contributed by atoms with Crippen molar-refractivity contribution in [2.45, 2.75) is 32.4 Å². The number of carbonyl (C=O) groups excluding carboxylic acids is 2. The number of alkyl carbamates (subject to hydrolysis) is 1. The number of benzene rings is 2. The van der Waals surface area contributed by atoms with Crippen LogP contribution in [0, 0.1) is 6.92 Å². The van der Waals surface area contributed by atoms with Gasteiger partial charge in [-0.3, -0.25) is 9.63 Å². The predicted octanol–water partition coefficient (Wildman–Crippen LogP) is 3.62. The van der Waals surface area contributed by atoms with Crippen LogP contribution in [0.1, 0.15) is 44.3 Å². The smallest absolute Gasteiger partial charge is 0.407 e. The monoisotopic (exact) mass is 481 g/mol. The zero-order chi connectivity index (χ0) is 24.2. The summed E-state index contributed by atoms with van der Waals surface area (Å²) in [5.74, 6) is -1.84. The molecule has 0 radical (unpaired) electrons. The standard InChI is InChI=1S/C24H23N3O6S/c1-13-21(22(28)27-33-14(2)23(29)30)34-20(26-13)11-25-24(31)32-12-19-17-9-5-3-7-15(17)16-8-4-6-10-18(16)19/h3-10,14,19H,11-12H2,1-2H3,(H,25,31)(H,27,28)(H,29,30). The van der Waals surface area contributed by atoms with E-state index >= 15 is 0 Å². The van der Waals surface area contributed by atoms with Gasteiger partial charge in [-0.2, -0.15) is 0 Å². The van der Waals surface area contributed by atoms with Gasteiger partial charge in [0.25, 0.3) is 5.91 Å². The molecule has 34 heavy (non-hydrogen) atoms. The molecule has 0 spiro atoms. The van der Waals surface area contributed by atoms with E-state index in [0.717, 1.165) is 33.6 Å². The van der Waals surface area contributed by atoms with Crippen molar-refractivity contribution in [3.05, 3.63) is 75.2 Å². The average Bonchev–Trinajstić information content (AvgIpc) is 3.37. The summed E-state index contributed by atoms with van der Waals surface area (Å²) < 4.78 is 5.51. The number of nitrogens with zero attached hydrogens (tertiary/aromatic N) is 1. The van der Waals surface area contributed by atoms with Crippen LogP contribution in [-0.4, -0.2) is 40.8 Å². The SMILES string of the molecule is Cc1nc(CNC(=O)OCC2c3ccccc3-c3ccccc32)sc1C(=O)NOC(C)C(=O)O. The van der Waals surface area contributed by atoms with Crippen molar-refractivity contribution in [3.63, 3.8) is 0 Å². The largest absolute Gasteiger partial charge is 0.479 e. The van der Waals surface area contributed by atoms with E-state index in [1.165, 1.54) is 6.92 Å². The van der Waals surface area contributed by atoms with E-state index in [1.54, 1.807) is 6.92 Å². The average molecular weight is 482 g/mol. The molecule has 176 valence electrons. The van der Waals surface area contributed by atoms with Crippen LogP contribution >= 0.6 is 11.3 Å². The molecule has 1 unspecified atom stereocenters. The van der Waals surface area contributed by atoms with Crippen molar-refractivity contribution in [1.82, 2.24) is 15.8 Å². The first kappa shape index (κ1) is 23.4. The molecule has 1 aliphatic rings. The molecule has 0 fully saturated rings. The molecule has 2 aromatic carbocycles. The third kappa shape index (κ3) is 4.92. The summed E-state index contributed by atoms with van der Waals surface area (Å²) in [7, 11) is 0. The number of carboxylic acids is 1. The first-order chi connectivity index (χ1) is 16.3. The van der Waals surface area contributed by atoms with Crippen LogP contribution in [0.3, 0.4) is 0 Å². The highest BCUT2D eigenvalue weighted by molar-refractivity contribution is 7.13. The van der Waals surface area contributed by atoms with Gasteiger partial charge in [0.1, 0.15) is 16.5 Å². The third-order valence-corrected chi connectivity index (χ3v) is 6.61. The van der Waals surface area contributed by atoms with Crippen LogP contribution in [0.15, 0.2) is 48.5 Å². The van der Waals surface area contributed by atoms with Gasteiger partial charge in [0.2, 0.25) is 0 Å². The highest BCUT2D eigenvalue weighted by Crippen LogP contribution is 2.44. The molecular weight excluding hydrogens is 458 g/mol. The lowest BCUT2D eigenvalue weighted by Gasteiger charge is -2.14. The Hall–Kier alpha value is -3.76. The molecule has 4 rings (SSSR count). The van der Waals surface area contributed by atoms with E-state index in [-0.39, 0.29) is 23.9 Å². The number of carbonyl (C=O) groups is 3. The second-order valence-corrected chi connectivity index (χ2v) is 8.81. The number of aromatic nitrogens is 1. The normalized spacial score (nSPS) is 13.0. The molecule has 2 amide bonds. The molecule has 0 aliphatic heterocycles. The summed E-state index contributed by atoms with van der Waals surface area (Å²) in [6, 6.07) is 16.2. The second-order valence-electron chi connectivity index (χ2n) is 7.73. The zero-order valence-electron chi connectivity index (χ0n) is 18.5. The number of carboxylic acid groups (broad SMARTS) is 1. The van der Waals surface area contributed by atoms with Gasteiger partial charge < -0.3 is 15.2 Å². The third-order valence-electron chi connectivity index (χ3n) is 5.45. The van der Waals surface area contributed by atoms with Gasteiger partial charge in [0, 0.05) is 5.92 Å². The van der Waals surface area contributed by atoms with E-state index in [0.29, 0.717) is 10.7 Å². The van der Waals surface area contributed by atoms with Crippen LogP contribution in [0.4, 0.5) is 4.79 Å². The van der Waals surface area contributed by atoms with Gasteiger partial charge in [-0.25, -0.2) is 20.1 Å². The summed E-state index contributed by atoms with van der Waals surface area (Å²) in [5.41, 5.74) is 7.10. The zero-order valence-corrected chi connectivity index (χ0v) is 19.3. The summed E-state index contributed by atoms with van der Waals surface area (Å²) in [5, 5.41) is 12.0. The van der Waals surface area contributed by atoms with E-state index < -0.39 is 24.1 Å². The first-order valence-electron chi connectivity index (χ1n) is 10.6. The molecule has 3 aromatic rings. The van der Waals surface area contributed by atoms with E-state index in [2.05, 4.69) is 27.9 Å². The first-order valence-corrected chi connectivity index (χ1v) is 11.4. The number of amides is 2. The fourth-order valence-electron chi connectivity index (χ4n) is 3.77. The molecule has 3 N–H and O–H groups in total. The Morgan fingerprint density at radius 2 is 1.71 bits per heavy atom. The fraction of sp³-hybridized carbons (Fsp3) is 0.250. The second kappa shape index (κ2) is 10.0. The lowest BCUT2D eigenvalue weighted by molar-refractivity contribution is -0.152. The van der Waals surface area contributed by atoms with Gasteiger partial charge in [-0.1, -0.05) is 48.5 Å². The van der Waals surface area contributed by atoms with Crippen LogP contribution in [0.25, 0.3) is 11.1 Å². The minimum absolute atomic E-state index is 0.0382. The summed E-state index contributed by atoms with van der Waals surface area (Å²) >= 11 is 1.07. The van der Waals surface area contributed by atoms with Gasteiger partial charge in [0.15, 0.2) is 6.10 Å². The van der Waals surface area contributed by atoms with E-state index in [9.17, 15) is 14.4 Å². The van der Waals surface area contributed by atoms with Gasteiger partial charge in [-0.05, 0) is 36.1 Å². The minimum Gasteiger partial charge on any atom is -0.479 e. The van der Waals surface area contributed by atoms with Gasteiger partial charge >= 0.3 is 12.1 Å². The van der Waals surface area contributed by atoms with Crippen LogP contribution in [-0.2, 0) is 20.9 Å². The lowest BCUT2D eigenvalue weighted by Crippen LogP contribution is -2.32. The number of aliphatic carboxylic acids is 1. The fourth-order valence-corrected chi connectivity index (χ4v) is 4.66. The summed E-state index contributed by atoms with van der Waals surface area (Å²) in [6.07, 6.45) is -1.77. The van der Waals surface area contributed by atoms with E-state index in [1.807, 2.05) is 36.4 Å². The molecule has 0 bridgehead atoms. The maximum Gasteiger partial charge on any atom is 0.407 e. The maximum atomic E-state index is 12.4. The number of hydroxylamine groups is 1. The molecule has 0 saturated heterocycles. The van der Waals surface area contributed by atoms with Gasteiger partial charge in [-0.15, -0.1) is 11.3 Å². The van der Waals surface area contributed by atoms with Crippen molar-refractivity contribution in [2.75, 3.05) is 6.61 Å². The summed E-state index contributed by atoms with van der Waals surface area (Å²) in [4.78, 5) is 44.7. The van der Waals surface area contributed by atoms with Crippen LogP contribution in [0.2, 0.25) is 0 Å². The number of ether oxygens (including phenoxy) is 1. The number of rotatable bonds is 8. The van der Waals surface area contributed by atoms with Crippen molar-refractivity contribution >= 4 is 29.3 Å². The van der Waals surface area contributed by atoms with Crippen molar-refractivity contribution in [3.8, 4) is 11.1 Å². The molecule has 1 aromatic heterocycles. The van der Waals surface area contributed by atoms with E-state index in [4.69, 9.17) is 14.7 Å². The van der Waals surface area contributed by atoms with Crippen LogP contribution in [0.5, 0.6) is 0 Å². The highest BCUT2D eigenvalue weighted by atomic mass is 32.1. The summed E-state index contributed by atoms with van der Waals surface area (Å²) in [6.45, 7) is 3.22. The number of hydrogen-bond donors (Lipinski definition) is 3. The molecular formula is C24H23N3O6S. The molecule has 1 heterocycles. The quantitative estimate of drug-likeness (QED) is 0.419. The van der Waals surface area contributed by atoms with Crippen LogP contribution < -0.4 is 10.8 Å². The highest BCUT2D eigenvalue weighted by Gasteiger charge is 2.29. The van der Waals surface area contributed by atoms with Gasteiger partial charge in [0.05, 0.1) is 12.2 Å². The van der Waals surface area contributed by atoms with Crippen molar-refractivity contribution in [1.29, 1.82) is 0 Å². The molecule has 1 aliphatic carbocycles. The number of fused-ring (bicyclic) bond motifs is 3.